The summed E-state index contributed by atoms with van der Waals surface area (Å²) in [6.45, 7) is 8.23. The molecule has 0 bridgehead atoms. The average molecular weight is 311 g/mol. The molecule has 0 aliphatic heterocycles. The van der Waals surface area contributed by atoms with E-state index in [-0.39, 0.29) is 11.9 Å². The molecular formula is C20H25NO2. The lowest BCUT2D eigenvalue weighted by Gasteiger charge is -2.23. The second-order valence-corrected chi connectivity index (χ2v) is 6.34. The molecule has 1 amide bonds. The first kappa shape index (κ1) is 17.1. The molecule has 0 aromatic heterocycles. The van der Waals surface area contributed by atoms with Crippen molar-refractivity contribution in [1.82, 2.24) is 5.32 Å². The second kappa shape index (κ2) is 7.32. The Morgan fingerprint density at radius 2 is 1.57 bits per heavy atom. The van der Waals surface area contributed by atoms with Gasteiger partial charge in [0, 0.05) is 5.56 Å². The quantitative estimate of drug-likeness (QED) is 0.886. The number of carbonyl (C=O) groups is 1. The lowest BCUT2D eigenvalue weighted by molar-refractivity contribution is 0.0925. The summed E-state index contributed by atoms with van der Waals surface area (Å²) in [5, 5.41) is 3.16. The first-order chi connectivity index (χ1) is 10.9. The molecule has 0 aliphatic rings. The van der Waals surface area contributed by atoms with Crippen molar-refractivity contribution in [2.45, 2.75) is 33.7 Å². The highest BCUT2D eigenvalue weighted by atomic mass is 16.5. The maximum absolute atomic E-state index is 12.6. The van der Waals surface area contributed by atoms with Crippen LogP contribution in [0.4, 0.5) is 0 Å². The topological polar surface area (TPSA) is 38.3 Å². The molecule has 0 saturated heterocycles. The van der Waals surface area contributed by atoms with Gasteiger partial charge in [-0.25, -0.2) is 0 Å². The molecule has 2 aromatic rings. The van der Waals surface area contributed by atoms with Gasteiger partial charge in [0.2, 0.25) is 0 Å². The average Bonchev–Trinajstić information content (AvgIpc) is 2.51. The number of ether oxygens (including phenoxy) is 1. The molecule has 3 nitrogen and oxygen atoms in total. The summed E-state index contributed by atoms with van der Waals surface area (Å²) < 4.78 is 5.20. The minimum atomic E-state index is -0.0358. The van der Waals surface area contributed by atoms with Gasteiger partial charge in [-0.15, -0.1) is 0 Å². The van der Waals surface area contributed by atoms with Gasteiger partial charge in [0.25, 0.3) is 5.91 Å². The Bertz CT molecular complexity index is 654. The van der Waals surface area contributed by atoms with E-state index in [0.717, 1.165) is 22.4 Å². The number of hydrogen-bond donors (Lipinski definition) is 1. The van der Waals surface area contributed by atoms with Crippen LogP contribution in [-0.4, -0.2) is 13.0 Å². The molecule has 122 valence electrons. The van der Waals surface area contributed by atoms with E-state index in [9.17, 15) is 4.79 Å². The molecule has 0 saturated carbocycles. The molecule has 3 heteroatoms. The molecule has 23 heavy (non-hydrogen) atoms. The third kappa shape index (κ3) is 4.35. The molecule has 2 aromatic carbocycles. The maximum atomic E-state index is 12.6. The van der Waals surface area contributed by atoms with Gasteiger partial charge in [0.05, 0.1) is 13.2 Å². The van der Waals surface area contributed by atoms with E-state index in [0.29, 0.717) is 11.5 Å². The third-order valence-electron chi connectivity index (χ3n) is 3.91. The largest absolute Gasteiger partial charge is 0.497 e. The summed E-state index contributed by atoms with van der Waals surface area (Å²) in [6, 6.07) is 13.7. The van der Waals surface area contributed by atoms with Crippen molar-refractivity contribution >= 4 is 5.91 Å². The normalized spacial score (nSPS) is 12.1. The molecule has 1 N–H and O–H groups in total. The highest BCUT2D eigenvalue weighted by molar-refractivity contribution is 5.94. The zero-order valence-electron chi connectivity index (χ0n) is 14.5. The zero-order chi connectivity index (χ0) is 17.0. The minimum absolute atomic E-state index is 0.0331. The number of rotatable bonds is 5. The van der Waals surface area contributed by atoms with Crippen molar-refractivity contribution in [3.8, 4) is 5.75 Å². The van der Waals surface area contributed by atoms with E-state index < -0.39 is 0 Å². The maximum Gasteiger partial charge on any atom is 0.251 e. The van der Waals surface area contributed by atoms with Gasteiger partial charge in [0.1, 0.15) is 5.75 Å². The minimum Gasteiger partial charge on any atom is -0.497 e. The number of aryl methyl sites for hydroxylation is 2. The summed E-state index contributed by atoms with van der Waals surface area (Å²) in [5.74, 6) is 1.07. The number of nitrogens with one attached hydrogen (secondary N) is 1. The molecular weight excluding hydrogens is 286 g/mol. The Labute approximate surface area is 138 Å². The Hall–Kier alpha value is -2.29. The van der Waals surface area contributed by atoms with Crippen molar-refractivity contribution in [3.05, 3.63) is 64.7 Å². The second-order valence-electron chi connectivity index (χ2n) is 6.34. The van der Waals surface area contributed by atoms with Crippen LogP contribution in [0.1, 0.15) is 46.9 Å². The summed E-state index contributed by atoms with van der Waals surface area (Å²) in [5.41, 5.74) is 3.99. The van der Waals surface area contributed by atoms with Crippen LogP contribution < -0.4 is 10.1 Å². The first-order valence-corrected chi connectivity index (χ1v) is 7.94. The van der Waals surface area contributed by atoms with Crippen molar-refractivity contribution in [2.75, 3.05) is 7.11 Å². The van der Waals surface area contributed by atoms with Gasteiger partial charge < -0.3 is 10.1 Å². The van der Waals surface area contributed by atoms with Crippen LogP contribution in [0.3, 0.4) is 0 Å². The third-order valence-corrected chi connectivity index (χ3v) is 3.91. The summed E-state index contributed by atoms with van der Waals surface area (Å²) >= 11 is 0. The molecule has 0 radical (unpaired) electrons. The fraction of sp³-hybridized carbons (Fsp3) is 0.350. The van der Waals surface area contributed by atoms with E-state index in [2.05, 4.69) is 25.2 Å². The number of amides is 1. The number of hydrogen-bond acceptors (Lipinski definition) is 2. The van der Waals surface area contributed by atoms with Gasteiger partial charge in [-0.2, -0.15) is 0 Å². The van der Waals surface area contributed by atoms with Gasteiger partial charge in [-0.1, -0.05) is 43.2 Å². The predicted molar refractivity (Wildman–Crippen MR) is 94.0 cm³/mol. The molecule has 0 fully saturated rings. The first-order valence-electron chi connectivity index (χ1n) is 7.94. The van der Waals surface area contributed by atoms with Crippen molar-refractivity contribution < 1.29 is 9.53 Å². The van der Waals surface area contributed by atoms with E-state index in [4.69, 9.17) is 4.74 Å². The van der Waals surface area contributed by atoms with Crippen LogP contribution in [0.5, 0.6) is 5.75 Å². The zero-order valence-corrected chi connectivity index (χ0v) is 14.5. The van der Waals surface area contributed by atoms with Crippen LogP contribution in [0, 0.1) is 19.8 Å². The van der Waals surface area contributed by atoms with Crippen LogP contribution in [0.15, 0.2) is 42.5 Å². The summed E-state index contributed by atoms with van der Waals surface area (Å²) in [7, 11) is 1.65. The monoisotopic (exact) mass is 311 g/mol. The number of carbonyl (C=O) groups excluding carboxylic acids is 1. The standard InChI is InChI=1S/C20H25NO2/c1-13(2)19(16-6-8-18(23-5)9-7-16)21-20(22)17-11-14(3)10-15(4)12-17/h6-13,19H,1-5H3,(H,21,22)/t19-/m0/s1. The van der Waals surface area contributed by atoms with Crippen molar-refractivity contribution in [2.24, 2.45) is 5.92 Å². The molecule has 1 atom stereocenters. The highest BCUT2D eigenvalue weighted by Crippen LogP contribution is 2.24. The van der Waals surface area contributed by atoms with Gasteiger partial charge >= 0.3 is 0 Å². The highest BCUT2D eigenvalue weighted by Gasteiger charge is 2.19. The molecule has 0 unspecified atom stereocenters. The van der Waals surface area contributed by atoms with E-state index in [1.54, 1.807) is 7.11 Å². The van der Waals surface area contributed by atoms with Gasteiger partial charge in [-0.05, 0) is 49.6 Å². The molecule has 0 aliphatic carbocycles. The van der Waals surface area contributed by atoms with Crippen LogP contribution in [0.2, 0.25) is 0 Å². The smallest absolute Gasteiger partial charge is 0.251 e. The Morgan fingerprint density at radius 1 is 1.00 bits per heavy atom. The van der Waals surface area contributed by atoms with Crippen molar-refractivity contribution in [1.29, 1.82) is 0 Å². The fourth-order valence-electron chi connectivity index (χ4n) is 2.78. The number of benzene rings is 2. The van der Waals surface area contributed by atoms with Crippen LogP contribution in [0.25, 0.3) is 0 Å². The molecule has 0 heterocycles. The van der Waals surface area contributed by atoms with Crippen molar-refractivity contribution in [3.63, 3.8) is 0 Å². The molecule has 2 rings (SSSR count). The van der Waals surface area contributed by atoms with E-state index in [1.165, 1.54) is 0 Å². The van der Waals surface area contributed by atoms with Gasteiger partial charge in [0.15, 0.2) is 0 Å². The Kier molecular flexibility index (Phi) is 5.43. The van der Waals surface area contributed by atoms with Crippen LogP contribution >= 0.6 is 0 Å². The van der Waals surface area contributed by atoms with E-state index >= 15 is 0 Å². The Morgan fingerprint density at radius 3 is 2.04 bits per heavy atom. The summed E-state index contributed by atoms with van der Waals surface area (Å²) in [6.07, 6.45) is 0. The van der Waals surface area contributed by atoms with E-state index in [1.807, 2.05) is 50.2 Å². The number of methoxy groups -OCH3 is 1. The summed E-state index contributed by atoms with van der Waals surface area (Å²) in [4.78, 5) is 12.6. The van der Waals surface area contributed by atoms with Crippen LogP contribution in [-0.2, 0) is 0 Å². The SMILES string of the molecule is COc1ccc([C@@H](NC(=O)c2cc(C)cc(C)c2)C(C)C)cc1. The predicted octanol–water partition coefficient (Wildman–Crippen LogP) is 4.44. The lowest BCUT2D eigenvalue weighted by atomic mass is 9.95. The molecule has 0 spiro atoms. The van der Waals surface area contributed by atoms with Gasteiger partial charge in [-0.3, -0.25) is 4.79 Å². The Balaban J connectivity index is 2.22. The fourth-order valence-corrected chi connectivity index (χ4v) is 2.78. The lowest BCUT2D eigenvalue weighted by Crippen LogP contribution is -2.31.